The van der Waals surface area contributed by atoms with Crippen LogP contribution in [0.25, 0.3) is 0 Å². The zero-order valence-corrected chi connectivity index (χ0v) is 12.6. The molecule has 0 amide bonds. The lowest BCUT2D eigenvalue weighted by Crippen LogP contribution is -2.12. The van der Waals surface area contributed by atoms with E-state index in [0.29, 0.717) is 5.95 Å². The molecule has 4 heteroatoms. The van der Waals surface area contributed by atoms with Gasteiger partial charge in [-0.05, 0) is 43.9 Å². The Hall–Kier alpha value is -2.10. The lowest BCUT2D eigenvalue weighted by molar-refractivity contribution is 0.861. The molecule has 1 aromatic heterocycles. The molecule has 2 aromatic rings. The van der Waals surface area contributed by atoms with Crippen molar-refractivity contribution in [2.24, 2.45) is 0 Å². The van der Waals surface area contributed by atoms with Gasteiger partial charge in [-0.15, -0.1) is 0 Å². The van der Waals surface area contributed by atoms with Crippen LogP contribution in [0.4, 0.5) is 11.8 Å². The number of aryl methyl sites for hydroxylation is 3. The average molecular weight is 270 g/mol. The second kappa shape index (κ2) is 5.90. The minimum Gasteiger partial charge on any atom is -0.368 e. The van der Waals surface area contributed by atoms with Gasteiger partial charge in [0, 0.05) is 17.8 Å². The maximum Gasteiger partial charge on any atom is 0.221 e. The van der Waals surface area contributed by atoms with Crippen molar-refractivity contribution in [2.45, 2.75) is 40.2 Å². The lowest BCUT2D eigenvalue weighted by Gasteiger charge is -2.18. The summed E-state index contributed by atoms with van der Waals surface area (Å²) in [5.74, 6) is 1.13. The molecule has 1 atom stereocenters. The molecule has 0 aliphatic carbocycles. The van der Waals surface area contributed by atoms with Crippen molar-refractivity contribution >= 4 is 11.8 Å². The van der Waals surface area contributed by atoms with Gasteiger partial charge in [-0.3, -0.25) is 0 Å². The van der Waals surface area contributed by atoms with Gasteiger partial charge in [0.1, 0.15) is 5.82 Å². The number of hydrogen-bond acceptors (Lipinski definition) is 4. The minimum atomic E-state index is 0.175. The quantitative estimate of drug-likeness (QED) is 0.893. The molecule has 3 N–H and O–H groups in total. The molecule has 4 nitrogen and oxygen atoms in total. The summed E-state index contributed by atoms with van der Waals surface area (Å²) in [7, 11) is 0. The zero-order chi connectivity index (χ0) is 14.7. The first-order valence-corrected chi connectivity index (χ1v) is 6.96. The van der Waals surface area contributed by atoms with Gasteiger partial charge in [0.2, 0.25) is 5.95 Å². The van der Waals surface area contributed by atoms with E-state index in [1.165, 1.54) is 16.7 Å². The van der Waals surface area contributed by atoms with Gasteiger partial charge in [0.05, 0.1) is 0 Å². The summed E-state index contributed by atoms with van der Waals surface area (Å²) in [6.07, 6.45) is 2.67. The Kier molecular flexibility index (Phi) is 4.23. The van der Waals surface area contributed by atoms with E-state index in [2.05, 4.69) is 61.2 Å². The van der Waals surface area contributed by atoms with E-state index in [1.54, 1.807) is 6.20 Å². The fraction of sp³-hybridized carbons (Fsp3) is 0.375. The number of hydrogen-bond donors (Lipinski definition) is 2. The predicted molar refractivity (Wildman–Crippen MR) is 83.8 cm³/mol. The van der Waals surface area contributed by atoms with Crippen molar-refractivity contribution in [1.29, 1.82) is 0 Å². The molecular weight excluding hydrogens is 248 g/mol. The normalized spacial score (nSPS) is 12.2. The lowest BCUT2D eigenvalue weighted by atomic mass is 10.0. The SMILES string of the molecule is CCc1cnc(N)nc1N[C@H](C)c1ccc(C)c(C)c1. The fourth-order valence-electron chi connectivity index (χ4n) is 2.13. The van der Waals surface area contributed by atoms with Gasteiger partial charge in [-0.25, -0.2) is 4.98 Å². The Morgan fingerprint density at radius 1 is 1.25 bits per heavy atom. The smallest absolute Gasteiger partial charge is 0.221 e. The van der Waals surface area contributed by atoms with Crippen LogP contribution in [-0.2, 0) is 6.42 Å². The van der Waals surface area contributed by atoms with Crippen LogP contribution in [-0.4, -0.2) is 9.97 Å². The summed E-state index contributed by atoms with van der Waals surface area (Å²) in [4.78, 5) is 8.35. The topological polar surface area (TPSA) is 63.8 Å². The highest BCUT2D eigenvalue weighted by molar-refractivity contribution is 5.48. The molecule has 106 valence electrons. The second-order valence-electron chi connectivity index (χ2n) is 5.17. The largest absolute Gasteiger partial charge is 0.368 e. The molecule has 0 unspecified atom stereocenters. The summed E-state index contributed by atoms with van der Waals surface area (Å²) in [5.41, 5.74) is 10.6. The van der Waals surface area contributed by atoms with E-state index in [-0.39, 0.29) is 6.04 Å². The fourth-order valence-corrected chi connectivity index (χ4v) is 2.13. The predicted octanol–water partition coefficient (Wildman–Crippen LogP) is 3.41. The standard InChI is InChI=1S/C16H22N4/c1-5-13-9-18-16(17)20-15(13)19-12(4)14-7-6-10(2)11(3)8-14/h6-9,12H,5H2,1-4H3,(H3,17,18,19,20)/t12-/m1/s1. The summed E-state index contributed by atoms with van der Waals surface area (Å²) >= 11 is 0. The Morgan fingerprint density at radius 3 is 2.65 bits per heavy atom. The first-order chi connectivity index (χ1) is 9.51. The van der Waals surface area contributed by atoms with Crippen LogP contribution in [0.1, 0.15) is 42.1 Å². The van der Waals surface area contributed by atoms with E-state index in [9.17, 15) is 0 Å². The van der Waals surface area contributed by atoms with Crippen LogP contribution in [0.3, 0.4) is 0 Å². The third kappa shape index (κ3) is 3.07. The Balaban J connectivity index is 2.24. The number of nitrogens with two attached hydrogens (primary N) is 1. The monoisotopic (exact) mass is 270 g/mol. The van der Waals surface area contributed by atoms with Crippen LogP contribution in [0.15, 0.2) is 24.4 Å². The van der Waals surface area contributed by atoms with Gasteiger partial charge in [0.15, 0.2) is 0 Å². The van der Waals surface area contributed by atoms with Crippen LogP contribution in [0, 0.1) is 13.8 Å². The zero-order valence-electron chi connectivity index (χ0n) is 12.6. The maximum atomic E-state index is 5.68. The van der Waals surface area contributed by atoms with Crippen LogP contribution in [0.5, 0.6) is 0 Å². The molecular formula is C16H22N4. The Morgan fingerprint density at radius 2 is 2.00 bits per heavy atom. The van der Waals surface area contributed by atoms with Crippen molar-refractivity contribution in [3.8, 4) is 0 Å². The average Bonchev–Trinajstić information content (AvgIpc) is 2.42. The van der Waals surface area contributed by atoms with Crippen LogP contribution >= 0.6 is 0 Å². The molecule has 0 bridgehead atoms. The Bertz CT molecular complexity index is 607. The molecule has 0 fully saturated rings. The molecule has 0 spiro atoms. The number of nitrogen functional groups attached to an aromatic ring is 1. The molecule has 1 heterocycles. The number of rotatable bonds is 4. The van der Waals surface area contributed by atoms with Gasteiger partial charge in [0.25, 0.3) is 0 Å². The van der Waals surface area contributed by atoms with Gasteiger partial charge >= 0.3 is 0 Å². The highest BCUT2D eigenvalue weighted by Crippen LogP contribution is 2.23. The van der Waals surface area contributed by atoms with E-state index in [0.717, 1.165) is 17.8 Å². The van der Waals surface area contributed by atoms with Gasteiger partial charge in [-0.2, -0.15) is 4.98 Å². The number of anilines is 2. The summed E-state index contributed by atoms with van der Waals surface area (Å²) < 4.78 is 0. The molecule has 0 saturated carbocycles. The van der Waals surface area contributed by atoms with E-state index in [1.807, 2.05) is 0 Å². The number of benzene rings is 1. The van der Waals surface area contributed by atoms with E-state index < -0.39 is 0 Å². The van der Waals surface area contributed by atoms with E-state index >= 15 is 0 Å². The van der Waals surface area contributed by atoms with Crippen molar-refractivity contribution in [1.82, 2.24) is 9.97 Å². The molecule has 2 rings (SSSR count). The van der Waals surface area contributed by atoms with Crippen molar-refractivity contribution in [3.05, 3.63) is 46.6 Å². The van der Waals surface area contributed by atoms with Crippen LogP contribution < -0.4 is 11.1 Å². The first kappa shape index (κ1) is 14.3. The molecule has 0 aliphatic heterocycles. The van der Waals surface area contributed by atoms with Crippen molar-refractivity contribution < 1.29 is 0 Å². The Labute approximate surface area is 120 Å². The number of nitrogens with zero attached hydrogens (tertiary/aromatic N) is 2. The molecule has 0 saturated heterocycles. The molecule has 1 aromatic carbocycles. The summed E-state index contributed by atoms with van der Waals surface area (Å²) in [6, 6.07) is 6.69. The number of nitrogens with one attached hydrogen (secondary N) is 1. The van der Waals surface area contributed by atoms with E-state index in [4.69, 9.17) is 5.73 Å². The van der Waals surface area contributed by atoms with Gasteiger partial charge in [-0.1, -0.05) is 25.1 Å². The van der Waals surface area contributed by atoms with Crippen molar-refractivity contribution in [3.63, 3.8) is 0 Å². The number of aromatic nitrogens is 2. The van der Waals surface area contributed by atoms with Gasteiger partial charge < -0.3 is 11.1 Å². The molecule has 0 aliphatic rings. The van der Waals surface area contributed by atoms with Crippen molar-refractivity contribution in [2.75, 3.05) is 11.1 Å². The maximum absolute atomic E-state index is 5.68. The highest BCUT2D eigenvalue weighted by atomic mass is 15.1. The third-order valence-corrected chi connectivity index (χ3v) is 3.65. The van der Waals surface area contributed by atoms with Crippen LogP contribution in [0.2, 0.25) is 0 Å². The molecule has 0 radical (unpaired) electrons. The first-order valence-electron chi connectivity index (χ1n) is 6.96. The highest BCUT2D eigenvalue weighted by Gasteiger charge is 2.10. The molecule has 20 heavy (non-hydrogen) atoms. The third-order valence-electron chi connectivity index (χ3n) is 3.65. The second-order valence-corrected chi connectivity index (χ2v) is 5.17. The summed E-state index contributed by atoms with van der Waals surface area (Å²) in [6.45, 7) is 8.46. The summed E-state index contributed by atoms with van der Waals surface area (Å²) in [5, 5.41) is 3.43. The minimum absolute atomic E-state index is 0.175.